The topological polar surface area (TPSA) is 59.8 Å². The molecule has 0 aliphatic heterocycles. The lowest BCUT2D eigenvalue weighted by Crippen LogP contribution is -2.11. The first-order valence-corrected chi connectivity index (χ1v) is 6.24. The number of fused-ring (bicyclic) bond motifs is 1. The van der Waals surface area contributed by atoms with E-state index in [1.165, 1.54) is 11.3 Å². The highest BCUT2D eigenvalue weighted by molar-refractivity contribution is 7.13. The maximum atomic E-state index is 12.0. The quantitative estimate of drug-likeness (QED) is 0.767. The highest BCUT2D eigenvalue weighted by atomic mass is 32.1. The average Bonchev–Trinajstić information content (AvgIpc) is 2.95. The summed E-state index contributed by atoms with van der Waals surface area (Å²) in [6.07, 6.45) is 3.57. The fourth-order valence-corrected chi connectivity index (χ4v) is 2.26. The number of aromatic nitrogens is 3. The largest absolute Gasteiger partial charge is 0.298 e. The van der Waals surface area contributed by atoms with Crippen molar-refractivity contribution in [3.63, 3.8) is 0 Å². The Morgan fingerprint density at radius 1 is 1.44 bits per heavy atom. The van der Waals surface area contributed by atoms with Crippen molar-refractivity contribution in [3.8, 4) is 0 Å². The number of amides is 1. The van der Waals surface area contributed by atoms with Gasteiger partial charge in [0.05, 0.1) is 5.52 Å². The lowest BCUT2D eigenvalue weighted by atomic mass is 10.1. The van der Waals surface area contributed by atoms with Crippen molar-refractivity contribution in [2.75, 3.05) is 5.32 Å². The van der Waals surface area contributed by atoms with E-state index in [1.807, 2.05) is 24.7 Å². The van der Waals surface area contributed by atoms with Gasteiger partial charge in [0, 0.05) is 35.8 Å². The minimum atomic E-state index is -0.169. The summed E-state index contributed by atoms with van der Waals surface area (Å²) < 4.78 is 1.73. The summed E-state index contributed by atoms with van der Waals surface area (Å²) >= 11 is 1.39. The SMILES string of the molecule is Cn1cc2ccc(C(=O)Nc3nccs3)cc2n1. The fraction of sp³-hybridized carbons (Fsp3) is 0.0833. The van der Waals surface area contributed by atoms with E-state index in [9.17, 15) is 4.79 Å². The Morgan fingerprint density at radius 2 is 2.33 bits per heavy atom. The zero-order valence-electron chi connectivity index (χ0n) is 9.62. The third-order valence-electron chi connectivity index (χ3n) is 2.54. The van der Waals surface area contributed by atoms with Crippen LogP contribution in [0.3, 0.4) is 0 Å². The normalized spacial score (nSPS) is 10.7. The van der Waals surface area contributed by atoms with Crippen LogP contribution in [-0.4, -0.2) is 20.7 Å². The Labute approximate surface area is 107 Å². The summed E-state index contributed by atoms with van der Waals surface area (Å²) in [5, 5.41) is 10.5. The Kier molecular flexibility index (Phi) is 2.56. The molecule has 0 saturated carbocycles. The summed E-state index contributed by atoms with van der Waals surface area (Å²) in [6.45, 7) is 0. The zero-order valence-corrected chi connectivity index (χ0v) is 10.4. The molecule has 3 aromatic rings. The number of thiazole rings is 1. The second-order valence-electron chi connectivity index (χ2n) is 3.87. The Balaban J connectivity index is 1.91. The van der Waals surface area contributed by atoms with E-state index in [1.54, 1.807) is 23.0 Å². The maximum absolute atomic E-state index is 12.0. The summed E-state index contributed by atoms with van der Waals surface area (Å²) in [6, 6.07) is 5.45. The van der Waals surface area contributed by atoms with E-state index in [2.05, 4.69) is 15.4 Å². The van der Waals surface area contributed by atoms with Crippen LogP contribution in [0.5, 0.6) is 0 Å². The lowest BCUT2D eigenvalue weighted by Gasteiger charge is -2.01. The molecule has 90 valence electrons. The molecule has 0 radical (unpaired) electrons. The Bertz CT molecular complexity index is 702. The first-order chi connectivity index (χ1) is 8.72. The molecule has 6 heteroatoms. The number of carbonyl (C=O) groups is 1. The smallest absolute Gasteiger partial charge is 0.257 e. The molecule has 18 heavy (non-hydrogen) atoms. The fourth-order valence-electron chi connectivity index (χ4n) is 1.74. The highest BCUT2D eigenvalue weighted by Gasteiger charge is 2.09. The van der Waals surface area contributed by atoms with Gasteiger partial charge < -0.3 is 0 Å². The molecule has 5 nitrogen and oxygen atoms in total. The van der Waals surface area contributed by atoms with Crippen LogP contribution in [-0.2, 0) is 7.05 Å². The van der Waals surface area contributed by atoms with Gasteiger partial charge in [0.2, 0.25) is 0 Å². The summed E-state index contributed by atoms with van der Waals surface area (Å²) in [5.41, 5.74) is 1.39. The molecular weight excluding hydrogens is 248 g/mol. The monoisotopic (exact) mass is 258 g/mol. The van der Waals surface area contributed by atoms with Gasteiger partial charge in [-0.15, -0.1) is 11.3 Å². The van der Waals surface area contributed by atoms with Crippen molar-refractivity contribution < 1.29 is 4.79 Å². The number of hydrogen-bond donors (Lipinski definition) is 1. The number of anilines is 1. The number of nitrogens with one attached hydrogen (secondary N) is 1. The third kappa shape index (κ3) is 1.98. The molecule has 0 bridgehead atoms. The molecule has 0 spiro atoms. The highest BCUT2D eigenvalue weighted by Crippen LogP contribution is 2.16. The van der Waals surface area contributed by atoms with Crippen LogP contribution in [0.25, 0.3) is 10.9 Å². The van der Waals surface area contributed by atoms with Gasteiger partial charge >= 0.3 is 0 Å². The maximum Gasteiger partial charge on any atom is 0.257 e. The van der Waals surface area contributed by atoms with Crippen molar-refractivity contribution in [2.24, 2.45) is 7.05 Å². The molecule has 2 aromatic heterocycles. The summed E-state index contributed by atoms with van der Waals surface area (Å²) in [5.74, 6) is -0.169. The zero-order chi connectivity index (χ0) is 12.5. The number of rotatable bonds is 2. The number of hydrogen-bond acceptors (Lipinski definition) is 4. The number of nitrogens with zero attached hydrogens (tertiary/aromatic N) is 3. The minimum Gasteiger partial charge on any atom is -0.298 e. The molecule has 0 aliphatic rings. The van der Waals surface area contributed by atoms with E-state index in [4.69, 9.17) is 0 Å². The van der Waals surface area contributed by atoms with Crippen LogP contribution in [0, 0.1) is 0 Å². The second-order valence-corrected chi connectivity index (χ2v) is 4.76. The predicted molar refractivity (Wildman–Crippen MR) is 70.8 cm³/mol. The van der Waals surface area contributed by atoms with Crippen molar-refractivity contribution in [3.05, 3.63) is 41.5 Å². The first-order valence-electron chi connectivity index (χ1n) is 5.36. The van der Waals surface area contributed by atoms with Crippen LogP contribution >= 0.6 is 11.3 Å². The van der Waals surface area contributed by atoms with Gasteiger partial charge in [-0.05, 0) is 12.1 Å². The molecular formula is C12H10N4OS. The predicted octanol–water partition coefficient (Wildman–Crippen LogP) is 2.28. The van der Waals surface area contributed by atoms with Gasteiger partial charge in [0.1, 0.15) is 0 Å². The summed E-state index contributed by atoms with van der Waals surface area (Å²) in [7, 11) is 1.86. The van der Waals surface area contributed by atoms with Crippen LogP contribution in [0.15, 0.2) is 36.0 Å². The van der Waals surface area contributed by atoms with Crippen molar-refractivity contribution >= 4 is 33.3 Å². The van der Waals surface area contributed by atoms with Crippen molar-refractivity contribution in [1.29, 1.82) is 0 Å². The minimum absolute atomic E-state index is 0.169. The molecule has 0 atom stereocenters. The first kappa shape index (κ1) is 10.9. The molecule has 2 heterocycles. The molecule has 1 N–H and O–H groups in total. The van der Waals surface area contributed by atoms with Crippen molar-refractivity contribution in [2.45, 2.75) is 0 Å². The van der Waals surface area contributed by atoms with E-state index >= 15 is 0 Å². The van der Waals surface area contributed by atoms with Gasteiger partial charge in [0.15, 0.2) is 5.13 Å². The molecule has 0 fully saturated rings. The van der Waals surface area contributed by atoms with Crippen LogP contribution in [0.1, 0.15) is 10.4 Å². The Hall–Kier alpha value is -2.21. The van der Waals surface area contributed by atoms with Crippen LogP contribution in [0.2, 0.25) is 0 Å². The Morgan fingerprint density at radius 3 is 3.11 bits per heavy atom. The van der Waals surface area contributed by atoms with E-state index in [-0.39, 0.29) is 5.91 Å². The van der Waals surface area contributed by atoms with Gasteiger partial charge in [-0.2, -0.15) is 5.10 Å². The molecule has 0 aliphatic carbocycles. The van der Waals surface area contributed by atoms with Gasteiger partial charge in [-0.25, -0.2) is 4.98 Å². The number of carbonyl (C=O) groups excluding carboxylic acids is 1. The summed E-state index contributed by atoms with van der Waals surface area (Å²) in [4.78, 5) is 16.0. The molecule has 0 unspecified atom stereocenters. The molecule has 1 amide bonds. The number of aryl methyl sites for hydroxylation is 1. The van der Waals surface area contributed by atoms with Gasteiger partial charge in [-0.3, -0.25) is 14.8 Å². The average molecular weight is 258 g/mol. The number of benzene rings is 1. The lowest BCUT2D eigenvalue weighted by molar-refractivity contribution is 0.102. The standard InChI is InChI=1S/C12H10N4OS/c1-16-7-9-3-2-8(6-10(9)15-16)11(17)14-12-13-4-5-18-12/h2-7H,1H3,(H,13,14,17). The molecule has 3 rings (SSSR count). The molecule has 1 aromatic carbocycles. The molecule has 0 saturated heterocycles. The van der Waals surface area contributed by atoms with E-state index in [0.717, 1.165) is 10.9 Å². The third-order valence-corrected chi connectivity index (χ3v) is 3.23. The van der Waals surface area contributed by atoms with Crippen LogP contribution in [0.4, 0.5) is 5.13 Å². The second kappa shape index (κ2) is 4.23. The van der Waals surface area contributed by atoms with E-state index < -0.39 is 0 Å². The van der Waals surface area contributed by atoms with Crippen molar-refractivity contribution in [1.82, 2.24) is 14.8 Å². The van der Waals surface area contributed by atoms with E-state index in [0.29, 0.717) is 10.7 Å². The van der Waals surface area contributed by atoms with Gasteiger partial charge in [0.25, 0.3) is 5.91 Å². The van der Waals surface area contributed by atoms with Crippen LogP contribution < -0.4 is 5.32 Å². The van der Waals surface area contributed by atoms with Gasteiger partial charge in [-0.1, -0.05) is 6.07 Å².